The van der Waals surface area contributed by atoms with Crippen LogP contribution in [0.5, 0.6) is 0 Å². The van der Waals surface area contributed by atoms with Crippen LogP contribution in [0.1, 0.15) is 0 Å². The number of hydrogen-bond donors (Lipinski definition) is 0. The molecule has 0 spiro atoms. The number of aromatic nitrogens is 2. The summed E-state index contributed by atoms with van der Waals surface area (Å²) in [4.78, 5) is 10.3. The molecule has 0 aliphatic rings. The molecule has 298 valence electrons. The van der Waals surface area contributed by atoms with Crippen LogP contribution in [0, 0.1) is 0 Å². The van der Waals surface area contributed by atoms with Crippen molar-refractivity contribution in [3.63, 3.8) is 0 Å². The summed E-state index contributed by atoms with van der Waals surface area (Å²) < 4.78 is 0. The first kappa shape index (κ1) is 37.3. The topological polar surface area (TPSA) is 25.8 Å². The van der Waals surface area contributed by atoms with Gasteiger partial charge >= 0.3 is 0 Å². The van der Waals surface area contributed by atoms with Crippen molar-refractivity contribution in [3.05, 3.63) is 243 Å². The average molecular weight is 813 g/mol. The van der Waals surface area contributed by atoms with Gasteiger partial charge in [0.25, 0.3) is 0 Å². The molecule has 0 N–H and O–H groups in total. The average Bonchev–Trinajstić information content (AvgIpc) is 3.38. The van der Waals surface area contributed by atoms with Crippen molar-refractivity contribution in [2.75, 3.05) is 0 Å². The first-order valence-electron chi connectivity index (χ1n) is 21.9. The van der Waals surface area contributed by atoms with Crippen LogP contribution >= 0.6 is 0 Å². The van der Waals surface area contributed by atoms with Gasteiger partial charge in [-0.05, 0) is 99.7 Å². The molecule has 64 heavy (non-hydrogen) atoms. The minimum Gasteiger partial charge on any atom is -0.228 e. The Labute approximate surface area is 372 Å². The summed E-state index contributed by atoms with van der Waals surface area (Å²) in [5.74, 6) is 0.703. The molecular weight excluding hydrogens is 773 g/mol. The fourth-order valence-electron chi connectivity index (χ4n) is 9.68. The highest BCUT2D eigenvalue weighted by molar-refractivity contribution is 6.29. The second kappa shape index (κ2) is 15.8. The molecule has 0 unspecified atom stereocenters. The van der Waals surface area contributed by atoms with Gasteiger partial charge in [-0.1, -0.05) is 231 Å². The van der Waals surface area contributed by atoms with Crippen molar-refractivity contribution < 1.29 is 0 Å². The SMILES string of the molecule is c1ccc(-c2cccc(-c3cc(-c4ccc(-c5ccc(-c6c7ccccc7c(-c7ccccc7)c7c6ccc6ccccc67)c6ccccc56)cc4)nc(-c4ccccc4)n3)c2)cc1. The van der Waals surface area contributed by atoms with Crippen LogP contribution in [0.3, 0.4) is 0 Å². The maximum atomic E-state index is 5.16. The van der Waals surface area contributed by atoms with Gasteiger partial charge < -0.3 is 0 Å². The van der Waals surface area contributed by atoms with E-state index in [1.54, 1.807) is 0 Å². The third-order valence-electron chi connectivity index (χ3n) is 12.7. The highest BCUT2D eigenvalue weighted by atomic mass is 14.9. The summed E-state index contributed by atoms with van der Waals surface area (Å²) >= 11 is 0. The zero-order valence-corrected chi connectivity index (χ0v) is 35.0. The lowest BCUT2D eigenvalue weighted by molar-refractivity contribution is 1.18. The lowest BCUT2D eigenvalue weighted by Crippen LogP contribution is -1.96. The zero-order chi connectivity index (χ0) is 42.4. The molecule has 0 aliphatic heterocycles. The Balaban J connectivity index is 0.996. The summed E-state index contributed by atoms with van der Waals surface area (Å²) in [5.41, 5.74) is 14.5. The Bertz CT molecular complexity index is 3690. The van der Waals surface area contributed by atoms with E-state index in [0.29, 0.717) is 5.82 Å². The van der Waals surface area contributed by atoms with Crippen LogP contribution in [0.4, 0.5) is 0 Å². The van der Waals surface area contributed by atoms with E-state index < -0.39 is 0 Å². The summed E-state index contributed by atoms with van der Waals surface area (Å²) in [6.07, 6.45) is 0. The molecule has 1 aromatic heterocycles. The molecule has 0 radical (unpaired) electrons. The summed E-state index contributed by atoms with van der Waals surface area (Å²) in [7, 11) is 0. The number of benzene rings is 11. The van der Waals surface area contributed by atoms with Gasteiger partial charge in [0.15, 0.2) is 5.82 Å². The summed E-state index contributed by atoms with van der Waals surface area (Å²) in [6, 6.07) is 87.2. The normalized spacial score (nSPS) is 11.4. The molecule has 0 fully saturated rings. The van der Waals surface area contributed by atoms with E-state index >= 15 is 0 Å². The van der Waals surface area contributed by atoms with Gasteiger partial charge in [-0.15, -0.1) is 0 Å². The standard InChI is InChI=1S/C62H40N2/c1-4-17-41(18-5-1)47-24-16-25-48(39-47)58-40-57(63-62(64-58)46-22-8-3-9-23-46)44-33-31-43(32-34-44)49-37-38-55(52-28-13-12-27-51(49)52)60-54-30-15-14-29-53(54)59(45-20-6-2-7-21-45)61-50-26-11-10-19-42(50)35-36-56(60)61/h1-40H. The third-order valence-corrected chi connectivity index (χ3v) is 12.7. The van der Waals surface area contributed by atoms with Gasteiger partial charge in [0.1, 0.15) is 0 Å². The molecule has 0 saturated heterocycles. The Morgan fingerprint density at radius 2 is 0.734 bits per heavy atom. The van der Waals surface area contributed by atoms with Crippen molar-refractivity contribution in [2.45, 2.75) is 0 Å². The fraction of sp³-hybridized carbons (Fsp3) is 0. The first-order valence-corrected chi connectivity index (χ1v) is 21.9. The molecular formula is C62H40N2. The lowest BCUT2D eigenvalue weighted by atomic mass is 9.82. The molecule has 0 aliphatic carbocycles. The van der Waals surface area contributed by atoms with E-state index in [1.807, 2.05) is 18.2 Å². The molecule has 11 aromatic carbocycles. The Hall–Kier alpha value is -8.46. The van der Waals surface area contributed by atoms with E-state index in [-0.39, 0.29) is 0 Å². The van der Waals surface area contributed by atoms with E-state index in [0.717, 1.165) is 39.2 Å². The van der Waals surface area contributed by atoms with Crippen molar-refractivity contribution in [1.82, 2.24) is 9.97 Å². The number of rotatable bonds is 7. The van der Waals surface area contributed by atoms with Crippen molar-refractivity contribution in [1.29, 1.82) is 0 Å². The molecule has 12 rings (SSSR count). The third kappa shape index (κ3) is 6.52. The van der Waals surface area contributed by atoms with E-state index in [4.69, 9.17) is 9.97 Å². The van der Waals surface area contributed by atoms with Gasteiger partial charge in [0.05, 0.1) is 11.4 Å². The quantitative estimate of drug-likeness (QED) is 0.118. The monoisotopic (exact) mass is 812 g/mol. The Morgan fingerprint density at radius 3 is 1.44 bits per heavy atom. The molecule has 0 atom stereocenters. The molecule has 1 heterocycles. The number of fused-ring (bicyclic) bond motifs is 5. The molecule has 2 heteroatoms. The van der Waals surface area contributed by atoms with Crippen LogP contribution in [-0.2, 0) is 0 Å². The van der Waals surface area contributed by atoms with Crippen molar-refractivity contribution in [3.8, 4) is 78.4 Å². The second-order valence-corrected chi connectivity index (χ2v) is 16.4. The highest BCUT2D eigenvalue weighted by Crippen LogP contribution is 2.48. The summed E-state index contributed by atoms with van der Waals surface area (Å²) in [5, 5.41) is 9.98. The minimum absolute atomic E-state index is 0.703. The highest BCUT2D eigenvalue weighted by Gasteiger charge is 2.21. The number of nitrogens with zero attached hydrogens (tertiary/aromatic N) is 2. The molecule has 0 amide bonds. The molecule has 12 aromatic rings. The maximum Gasteiger partial charge on any atom is 0.160 e. The molecule has 0 bridgehead atoms. The maximum absolute atomic E-state index is 5.16. The lowest BCUT2D eigenvalue weighted by Gasteiger charge is -2.21. The first-order chi connectivity index (χ1) is 31.7. The van der Waals surface area contributed by atoms with Crippen LogP contribution in [0.2, 0.25) is 0 Å². The van der Waals surface area contributed by atoms with E-state index in [2.05, 4.69) is 224 Å². The van der Waals surface area contributed by atoms with Crippen LogP contribution in [0.15, 0.2) is 243 Å². The van der Waals surface area contributed by atoms with Crippen LogP contribution in [-0.4, -0.2) is 9.97 Å². The van der Waals surface area contributed by atoms with Crippen molar-refractivity contribution in [2.24, 2.45) is 0 Å². The second-order valence-electron chi connectivity index (χ2n) is 16.4. The number of hydrogen-bond acceptors (Lipinski definition) is 2. The van der Waals surface area contributed by atoms with Gasteiger partial charge in [0, 0.05) is 16.7 Å². The fourth-order valence-corrected chi connectivity index (χ4v) is 9.68. The molecule has 2 nitrogen and oxygen atoms in total. The predicted octanol–water partition coefficient (Wildman–Crippen LogP) is 16.8. The van der Waals surface area contributed by atoms with E-state index in [9.17, 15) is 0 Å². The Morgan fingerprint density at radius 1 is 0.234 bits per heavy atom. The Kier molecular flexibility index (Phi) is 9.20. The van der Waals surface area contributed by atoms with Gasteiger partial charge in [-0.2, -0.15) is 0 Å². The summed E-state index contributed by atoms with van der Waals surface area (Å²) in [6.45, 7) is 0. The van der Waals surface area contributed by atoms with Gasteiger partial charge in [-0.25, -0.2) is 9.97 Å². The van der Waals surface area contributed by atoms with Crippen LogP contribution < -0.4 is 0 Å². The molecule has 0 saturated carbocycles. The van der Waals surface area contributed by atoms with Gasteiger partial charge in [0.2, 0.25) is 0 Å². The predicted molar refractivity (Wildman–Crippen MR) is 270 cm³/mol. The van der Waals surface area contributed by atoms with Gasteiger partial charge in [-0.3, -0.25) is 0 Å². The smallest absolute Gasteiger partial charge is 0.160 e. The minimum atomic E-state index is 0.703. The van der Waals surface area contributed by atoms with E-state index in [1.165, 1.54) is 76.5 Å². The van der Waals surface area contributed by atoms with Crippen LogP contribution in [0.25, 0.3) is 122 Å². The zero-order valence-electron chi connectivity index (χ0n) is 35.0. The largest absolute Gasteiger partial charge is 0.228 e. The van der Waals surface area contributed by atoms with Crippen molar-refractivity contribution >= 4 is 43.1 Å².